The topological polar surface area (TPSA) is 107 Å². The van der Waals surface area contributed by atoms with Crippen molar-refractivity contribution in [2.45, 2.75) is 37.6 Å². The molecule has 0 unspecified atom stereocenters. The lowest BCUT2D eigenvalue weighted by Gasteiger charge is -2.34. The smallest absolute Gasteiger partial charge is 0.255 e. The minimum absolute atomic E-state index is 0.213. The predicted molar refractivity (Wildman–Crippen MR) is 86.3 cm³/mol. The molecule has 3 aromatic heterocycles. The highest BCUT2D eigenvalue weighted by atomic mass is 16.5. The Hall–Kier alpha value is -3.03. The Morgan fingerprint density at radius 2 is 2.08 bits per heavy atom. The summed E-state index contributed by atoms with van der Waals surface area (Å²) in [6.45, 7) is 0. The molecule has 0 radical (unpaired) electrons. The van der Waals surface area contributed by atoms with Crippen molar-refractivity contribution in [3.8, 4) is 11.5 Å². The van der Waals surface area contributed by atoms with Gasteiger partial charge in [0.1, 0.15) is 17.5 Å². The van der Waals surface area contributed by atoms with Gasteiger partial charge in [0.2, 0.25) is 5.82 Å². The van der Waals surface area contributed by atoms with Gasteiger partial charge >= 0.3 is 0 Å². The largest absolute Gasteiger partial charge is 0.472 e. The van der Waals surface area contributed by atoms with Gasteiger partial charge in [-0.1, -0.05) is 24.4 Å². The van der Waals surface area contributed by atoms with E-state index in [-0.39, 0.29) is 5.91 Å². The first kappa shape index (κ1) is 15.5. The van der Waals surface area contributed by atoms with E-state index in [1.54, 1.807) is 24.7 Å². The van der Waals surface area contributed by atoms with E-state index in [0.717, 1.165) is 32.1 Å². The molecule has 1 saturated carbocycles. The van der Waals surface area contributed by atoms with Gasteiger partial charge < -0.3 is 14.3 Å². The number of rotatable bonds is 4. The molecule has 3 aromatic rings. The first-order chi connectivity index (χ1) is 12.3. The molecule has 3 heterocycles. The van der Waals surface area contributed by atoms with Crippen LogP contribution in [0.4, 0.5) is 0 Å². The zero-order valence-electron chi connectivity index (χ0n) is 13.5. The third-order valence-electron chi connectivity index (χ3n) is 4.47. The van der Waals surface area contributed by atoms with Gasteiger partial charge in [0, 0.05) is 12.4 Å². The summed E-state index contributed by atoms with van der Waals surface area (Å²) >= 11 is 0. The molecule has 0 bridgehead atoms. The highest BCUT2D eigenvalue weighted by Crippen LogP contribution is 2.37. The Bertz CT molecular complexity index is 838. The molecule has 0 atom stereocenters. The van der Waals surface area contributed by atoms with Crippen LogP contribution in [0.5, 0.6) is 0 Å². The minimum atomic E-state index is -0.667. The predicted octanol–water partition coefficient (Wildman–Crippen LogP) is 2.71. The molecule has 1 amide bonds. The second-order valence-electron chi connectivity index (χ2n) is 6.12. The van der Waals surface area contributed by atoms with E-state index in [1.165, 1.54) is 12.5 Å². The van der Waals surface area contributed by atoms with Crippen molar-refractivity contribution in [3.63, 3.8) is 0 Å². The molecule has 128 valence electrons. The lowest BCUT2D eigenvalue weighted by molar-refractivity contribution is 0.0824. The monoisotopic (exact) mass is 339 g/mol. The molecule has 1 N–H and O–H groups in total. The number of carbonyl (C=O) groups is 1. The van der Waals surface area contributed by atoms with Crippen molar-refractivity contribution in [3.05, 3.63) is 48.6 Å². The summed E-state index contributed by atoms with van der Waals surface area (Å²) in [5.74, 6) is 0.560. The molecule has 1 aliphatic rings. The normalized spacial score (nSPS) is 16.5. The Morgan fingerprint density at radius 3 is 2.80 bits per heavy atom. The van der Waals surface area contributed by atoms with E-state index in [0.29, 0.717) is 23.0 Å². The molecule has 0 aliphatic heterocycles. The number of amides is 1. The Balaban J connectivity index is 1.65. The molecule has 0 saturated heterocycles. The van der Waals surface area contributed by atoms with Gasteiger partial charge in [-0.15, -0.1) is 0 Å². The molecular weight excluding hydrogens is 322 g/mol. The summed E-state index contributed by atoms with van der Waals surface area (Å²) in [4.78, 5) is 25.2. The lowest BCUT2D eigenvalue weighted by atomic mass is 9.81. The van der Waals surface area contributed by atoms with Crippen LogP contribution in [0.1, 0.15) is 48.4 Å². The SMILES string of the molecule is O=C(NC1(c2nc(-c3cnccn3)no2)CCCCC1)c1ccoc1. The average Bonchev–Trinajstić information content (AvgIpc) is 3.35. The second kappa shape index (κ2) is 6.46. The Kier molecular flexibility index (Phi) is 4.01. The maximum Gasteiger partial charge on any atom is 0.255 e. The fourth-order valence-corrected chi connectivity index (χ4v) is 3.17. The van der Waals surface area contributed by atoms with E-state index >= 15 is 0 Å². The minimum Gasteiger partial charge on any atom is -0.472 e. The van der Waals surface area contributed by atoms with Gasteiger partial charge in [-0.05, 0) is 18.9 Å². The summed E-state index contributed by atoms with van der Waals surface area (Å²) in [7, 11) is 0. The molecule has 1 fully saturated rings. The van der Waals surface area contributed by atoms with Crippen molar-refractivity contribution < 1.29 is 13.7 Å². The Labute approximate surface area is 143 Å². The summed E-state index contributed by atoms with van der Waals surface area (Å²) in [6, 6.07) is 1.63. The van der Waals surface area contributed by atoms with Crippen molar-refractivity contribution in [1.29, 1.82) is 0 Å². The van der Waals surface area contributed by atoms with E-state index in [9.17, 15) is 4.79 Å². The van der Waals surface area contributed by atoms with Crippen LogP contribution in [0, 0.1) is 0 Å². The van der Waals surface area contributed by atoms with Gasteiger partial charge in [0.25, 0.3) is 11.8 Å². The standard InChI is InChI=1S/C17H17N5O3/c23-15(12-4-9-24-11-12)21-17(5-2-1-3-6-17)16-20-14(22-25-16)13-10-18-7-8-19-13/h4,7-11H,1-3,5-6H2,(H,21,23). The number of hydrogen-bond donors (Lipinski definition) is 1. The second-order valence-corrected chi connectivity index (χ2v) is 6.12. The zero-order valence-corrected chi connectivity index (χ0v) is 13.5. The van der Waals surface area contributed by atoms with E-state index < -0.39 is 5.54 Å². The van der Waals surface area contributed by atoms with Gasteiger partial charge in [0.05, 0.1) is 18.0 Å². The number of hydrogen-bond acceptors (Lipinski definition) is 7. The summed E-state index contributed by atoms with van der Waals surface area (Å²) in [6.07, 6.45) is 12.2. The van der Waals surface area contributed by atoms with Gasteiger partial charge in [0.15, 0.2) is 0 Å². The van der Waals surface area contributed by atoms with Crippen LogP contribution >= 0.6 is 0 Å². The molecule has 8 nitrogen and oxygen atoms in total. The van der Waals surface area contributed by atoms with Crippen LogP contribution in [0.3, 0.4) is 0 Å². The first-order valence-electron chi connectivity index (χ1n) is 8.22. The summed E-state index contributed by atoms with van der Waals surface area (Å²) in [5.41, 5.74) is 0.336. The quantitative estimate of drug-likeness (QED) is 0.778. The van der Waals surface area contributed by atoms with Crippen molar-refractivity contribution >= 4 is 5.91 Å². The fraction of sp³-hybridized carbons (Fsp3) is 0.353. The molecule has 8 heteroatoms. The molecule has 1 aliphatic carbocycles. The average molecular weight is 339 g/mol. The van der Waals surface area contributed by atoms with Crippen molar-refractivity contribution in [2.24, 2.45) is 0 Å². The van der Waals surface area contributed by atoms with Crippen LogP contribution in [0.2, 0.25) is 0 Å². The third-order valence-corrected chi connectivity index (χ3v) is 4.47. The van der Waals surface area contributed by atoms with Crippen molar-refractivity contribution in [1.82, 2.24) is 25.4 Å². The van der Waals surface area contributed by atoms with E-state index in [4.69, 9.17) is 8.94 Å². The number of nitrogens with one attached hydrogen (secondary N) is 1. The number of furan rings is 1. The number of carbonyl (C=O) groups excluding carboxylic acids is 1. The molecule has 0 aromatic carbocycles. The number of aromatic nitrogens is 4. The highest BCUT2D eigenvalue weighted by Gasteiger charge is 2.41. The Morgan fingerprint density at radius 1 is 1.20 bits per heavy atom. The maximum atomic E-state index is 12.5. The van der Waals surface area contributed by atoms with E-state index in [2.05, 4.69) is 25.4 Å². The van der Waals surface area contributed by atoms with Crippen LogP contribution in [-0.4, -0.2) is 26.0 Å². The zero-order chi connectivity index (χ0) is 17.1. The van der Waals surface area contributed by atoms with Crippen LogP contribution in [-0.2, 0) is 5.54 Å². The van der Waals surface area contributed by atoms with Gasteiger partial charge in [-0.3, -0.25) is 9.78 Å². The van der Waals surface area contributed by atoms with Crippen LogP contribution in [0.15, 0.2) is 46.1 Å². The highest BCUT2D eigenvalue weighted by molar-refractivity contribution is 5.94. The van der Waals surface area contributed by atoms with Gasteiger partial charge in [-0.2, -0.15) is 4.98 Å². The number of nitrogens with zero attached hydrogens (tertiary/aromatic N) is 4. The van der Waals surface area contributed by atoms with Crippen molar-refractivity contribution in [2.75, 3.05) is 0 Å². The first-order valence-corrected chi connectivity index (χ1v) is 8.22. The maximum absolute atomic E-state index is 12.5. The summed E-state index contributed by atoms with van der Waals surface area (Å²) in [5, 5.41) is 7.10. The molecule has 4 rings (SSSR count). The summed E-state index contributed by atoms with van der Waals surface area (Å²) < 4.78 is 10.5. The molecular formula is C17H17N5O3. The lowest BCUT2D eigenvalue weighted by Crippen LogP contribution is -2.47. The van der Waals surface area contributed by atoms with Crippen LogP contribution < -0.4 is 5.32 Å². The molecule has 0 spiro atoms. The molecule has 25 heavy (non-hydrogen) atoms. The van der Waals surface area contributed by atoms with Crippen LogP contribution in [0.25, 0.3) is 11.5 Å². The van der Waals surface area contributed by atoms with Gasteiger partial charge in [-0.25, -0.2) is 4.98 Å². The third kappa shape index (κ3) is 3.02. The van der Waals surface area contributed by atoms with E-state index in [1.807, 2.05) is 0 Å². The fourth-order valence-electron chi connectivity index (χ4n) is 3.17.